The SMILES string of the molecule is O=S(=O)(c1ccccc1Br)N1CCN(c2nc(-c3ccc(F)c(Cl)c3)cs2)CC1. The number of sulfonamides is 1. The van der Waals surface area contributed by atoms with Crippen molar-refractivity contribution in [1.82, 2.24) is 9.29 Å². The van der Waals surface area contributed by atoms with Gasteiger partial charge in [-0.1, -0.05) is 23.7 Å². The van der Waals surface area contributed by atoms with Crippen LogP contribution in [0.5, 0.6) is 0 Å². The number of anilines is 1. The Bertz CT molecular complexity index is 1150. The van der Waals surface area contributed by atoms with Crippen LogP contribution in [-0.2, 0) is 10.0 Å². The van der Waals surface area contributed by atoms with Gasteiger partial charge in [0, 0.05) is 41.6 Å². The van der Waals surface area contributed by atoms with Crippen molar-refractivity contribution in [2.45, 2.75) is 4.90 Å². The van der Waals surface area contributed by atoms with Crippen molar-refractivity contribution in [3.63, 3.8) is 0 Å². The number of hydrogen-bond donors (Lipinski definition) is 0. The summed E-state index contributed by atoms with van der Waals surface area (Å²) in [6, 6.07) is 11.3. The summed E-state index contributed by atoms with van der Waals surface area (Å²) in [5, 5.41) is 2.75. The predicted molar refractivity (Wildman–Crippen MR) is 118 cm³/mol. The molecule has 1 saturated heterocycles. The molecule has 10 heteroatoms. The molecule has 152 valence electrons. The highest BCUT2D eigenvalue weighted by Gasteiger charge is 2.30. The monoisotopic (exact) mass is 515 g/mol. The average Bonchev–Trinajstić information content (AvgIpc) is 3.20. The largest absolute Gasteiger partial charge is 0.345 e. The molecule has 0 aliphatic carbocycles. The highest BCUT2D eigenvalue weighted by Crippen LogP contribution is 2.31. The molecule has 29 heavy (non-hydrogen) atoms. The molecule has 1 aromatic heterocycles. The Balaban J connectivity index is 1.47. The lowest BCUT2D eigenvalue weighted by Crippen LogP contribution is -2.48. The van der Waals surface area contributed by atoms with E-state index in [0.29, 0.717) is 30.7 Å². The normalized spacial score (nSPS) is 15.6. The minimum Gasteiger partial charge on any atom is -0.345 e. The zero-order chi connectivity index (χ0) is 20.6. The van der Waals surface area contributed by atoms with Crippen molar-refractivity contribution in [2.75, 3.05) is 31.1 Å². The summed E-state index contributed by atoms with van der Waals surface area (Å²) in [5.74, 6) is -0.465. The van der Waals surface area contributed by atoms with Crippen molar-refractivity contribution < 1.29 is 12.8 Å². The minimum atomic E-state index is -3.55. The Kier molecular flexibility index (Phi) is 5.94. The summed E-state index contributed by atoms with van der Waals surface area (Å²) in [4.78, 5) is 6.96. The summed E-state index contributed by atoms with van der Waals surface area (Å²) >= 11 is 10.7. The molecule has 0 bridgehead atoms. The molecule has 0 spiro atoms. The maximum Gasteiger partial charge on any atom is 0.244 e. The lowest BCUT2D eigenvalue weighted by atomic mass is 10.2. The second-order valence-electron chi connectivity index (χ2n) is 6.47. The molecule has 1 aliphatic rings. The second kappa shape index (κ2) is 8.31. The van der Waals surface area contributed by atoms with E-state index in [2.05, 4.69) is 25.8 Å². The first kappa shape index (κ1) is 20.7. The summed E-state index contributed by atoms with van der Waals surface area (Å²) in [7, 11) is -3.55. The van der Waals surface area contributed by atoms with Gasteiger partial charge in [-0.3, -0.25) is 0 Å². The van der Waals surface area contributed by atoms with Crippen LogP contribution in [0, 0.1) is 5.82 Å². The van der Waals surface area contributed by atoms with Gasteiger partial charge in [-0.25, -0.2) is 17.8 Å². The molecule has 2 heterocycles. The fourth-order valence-electron chi connectivity index (χ4n) is 3.11. The smallest absolute Gasteiger partial charge is 0.244 e. The maximum atomic E-state index is 13.4. The second-order valence-corrected chi connectivity index (χ2v) is 10.5. The molecule has 0 unspecified atom stereocenters. The van der Waals surface area contributed by atoms with E-state index in [9.17, 15) is 12.8 Å². The summed E-state index contributed by atoms with van der Waals surface area (Å²) in [6.07, 6.45) is 0. The van der Waals surface area contributed by atoms with Crippen molar-refractivity contribution in [1.29, 1.82) is 0 Å². The number of piperazine rings is 1. The van der Waals surface area contributed by atoms with Crippen LogP contribution in [0.25, 0.3) is 11.3 Å². The first-order valence-corrected chi connectivity index (χ1v) is 12.3. The van der Waals surface area contributed by atoms with Crippen LogP contribution in [0.15, 0.2) is 57.2 Å². The van der Waals surface area contributed by atoms with Gasteiger partial charge in [-0.2, -0.15) is 4.31 Å². The van der Waals surface area contributed by atoms with Crippen molar-refractivity contribution in [3.05, 3.63) is 63.2 Å². The van der Waals surface area contributed by atoms with E-state index in [-0.39, 0.29) is 9.92 Å². The third-order valence-electron chi connectivity index (χ3n) is 4.67. The number of thiazole rings is 1. The van der Waals surface area contributed by atoms with E-state index in [0.717, 1.165) is 16.4 Å². The van der Waals surface area contributed by atoms with E-state index in [4.69, 9.17) is 11.6 Å². The molecule has 0 N–H and O–H groups in total. The molecule has 3 aromatic rings. The fraction of sp³-hybridized carbons (Fsp3) is 0.211. The summed E-state index contributed by atoms with van der Waals surface area (Å²) in [5.41, 5.74) is 1.46. The number of benzene rings is 2. The van der Waals surface area contributed by atoms with Crippen molar-refractivity contribution in [3.8, 4) is 11.3 Å². The number of halogens is 3. The number of aromatic nitrogens is 1. The van der Waals surface area contributed by atoms with Crippen LogP contribution in [0.3, 0.4) is 0 Å². The van der Waals surface area contributed by atoms with Gasteiger partial charge in [0.1, 0.15) is 5.82 Å². The predicted octanol–water partition coefficient (Wildman–Crippen LogP) is 4.88. The lowest BCUT2D eigenvalue weighted by molar-refractivity contribution is 0.384. The standard InChI is InChI=1S/C19H16BrClFN3O2S2/c20-14-3-1-2-4-18(14)29(26,27)25-9-7-24(8-10-25)19-23-17(12-28-19)13-5-6-16(22)15(21)11-13/h1-6,11-12H,7-10H2. The number of rotatable bonds is 4. The van der Waals surface area contributed by atoms with E-state index in [1.54, 1.807) is 36.4 Å². The fourth-order valence-corrected chi connectivity index (χ4v) is 6.57. The average molecular weight is 517 g/mol. The Labute approximate surface area is 185 Å². The van der Waals surface area contributed by atoms with Crippen LogP contribution in [0.4, 0.5) is 9.52 Å². The van der Waals surface area contributed by atoms with Crippen molar-refractivity contribution >= 4 is 54.0 Å². The van der Waals surface area contributed by atoms with Gasteiger partial charge in [0.05, 0.1) is 15.6 Å². The third kappa shape index (κ3) is 4.20. The highest BCUT2D eigenvalue weighted by atomic mass is 79.9. The Morgan fingerprint density at radius 1 is 1.10 bits per heavy atom. The van der Waals surface area contributed by atoms with E-state index < -0.39 is 15.8 Å². The number of hydrogen-bond acceptors (Lipinski definition) is 5. The molecule has 0 amide bonds. The van der Waals surface area contributed by atoms with E-state index >= 15 is 0 Å². The topological polar surface area (TPSA) is 53.5 Å². The molecule has 2 aromatic carbocycles. The van der Waals surface area contributed by atoms with Gasteiger partial charge in [0.25, 0.3) is 0 Å². The highest BCUT2D eigenvalue weighted by molar-refractivity contribution is 9.10. The first-order valence-electron chi connectivity index (χ1n) is 8.77. The van der Waals surface area contributed by atoms with Gasteiger partial charge in [0.15, 0.2) is 5.13 Å². The van der Waals surface area contributed by atoms with Gasteiger partial charge < -0.3 is 4.90 Å². The van der Waals surface area contributed by atoms with Crippen LogP contribution in [0.2, 0.25) is 5.02 Å². The molecule has 0 saturated carbocycles. The van der Waals surface area contributed by atoms with Gasteiger partial charge in [-0.05, 0) is 46.3 Å². The molecular weight excluding hydrogens is 501 g/mol. The van der Waals surface area contributed by atoms with Crippen LogP contribution in [0.1, 0.15) is 0 Å². The van der Waals surface area contributed by atoms with Gasteiger partial charge >= 0.3 is 0 Å². The Hall–Kier alpha value is -1.52. The zero-order valence-corrected chi connectivity index (χ0v) is 19.0. The molecular formula is C19H16BrClFN3O2S2. The summed E-state index contributed by atoms with van der Waals surface area (Å²) < 4.78 is 41.3. The molecule has 4 rings (SSSR count). The molecule has 1 aliphatic heterocycles. The van der Waals surface area contributed by atoms with E-state index in [1.165, 1.54) is 21.7 Å². The zero-order valence-electron chi connectivity index (χ0n) is 15.1. The van der Waals surface area contributed by atoms with E-state index in [1.807, 2.05) is 5.38 Å². The summed E-state index contributed by atoms with van der Waals surface area (Å²) in [6.45, 7) is 1.84. The molecule has 1 fully saturated rings. The Morgan fingerprint density at radius 3 is 2.52 bits per heavy atom. The molecule has 0 radical (unpaired) electrons. The lowest BCUT2D eigenvalue weighted by Gasteiger charge is -2.33. The minimum absolute atomic E-state index is 0.0583. The molecule has 0 atom stereocenters. The Morgan fingerprint density at radius 2 is 1.83 bits per heavy atom. The van der Waals surface area contributed by atoms with Crippen molar-refractivity contribution in [2.24, 2.45) is 0 Å². The van der Waals surface area contributed by atoms with Crippen LogP contribution >= 0.6 is 38.9 Å². The molecule has 5 nitrogen and oxygen atoms in total. The maximum absolute atomic E-state index is 13.4. The van der Waals surface area contributed by atoms with Crippen LogP contribution < -0.4 is 4.90 Å². The first-order chi connectivity index (χ1) is 13.9. The van der Waals surface area contributed by atoms with Gasteiger partial charge in [-0.15, -0.1) is 11.3 Å². The van der Waals surface area contributed by atoms with Crippen LogP contribution in [-0.4, -0.2) is 43.9 Å². The quantitative estimate of drug-likeness (QED) is 0.496. The number of nitrogens with zero attached hydrogens (tertiary/aromatic N) is 3. The third-order valence-corrected chi connectivity index (χ3v) is 8.77. The van der Waals surface area contributed by atoms with Gasteiger partial charge in [0.2, 0.25) is 10.0 Å².